The third-order valence-electron chi connectivity index (χ3n) is 4.02. The molecule has 4 N–H and O–H groups in total. The molecule has 1 atom stereocenters. The second-order valence-electron chi connectivity index (χ2n) is 6.13. The van der Waals surface area contributed by atoms with Gasteiger partial charge in [-0.2, -0.15) is 8.42 Å². The van der Waals surface area contributed by atoms with E-state index in [-0.39, 0.29) is 11.4 Å². The molecule has 0 saturated carbocycles. The number of H-pyrrole nitrogens is 1. The molecular formula is C16H23N6O3S+. The zero-order valence-electron chi connectivity index (χ0n) is 14.6. The van der Waals surface area contributed by atoms with Gasteiger partial charge in [-0.1, -0.05) is 17.7 Å². The van der Waals surface area contributed by atoms with Crippen LogP contribution in [0.1, 0.15) is 17.8 Å². The van der Waals surface area contributed by atoms with E-state index >= 15 is 0 Å². The molecule has 1 aromatic carbocycles. The molecule has 0 aliphatic carbocycles. The summed E-state index contributed by atoms with van der Waals surface area (Å²) in [6.07, 6.45) is 5.03. The smallest absolute Gasteiger partial charge is 0.349 e. The number of imidazole rings is 1. The Morgan fingerprint density at radius 2 is 2.12 bits per heavy atom. The van der Waals surface area contributed by atoms with E-state index in [1.54, 1.807) is 24.5 Å². The molecule has 0 amide bonds. The third kappa shape index (κ3) is 4.28. The first-order chi connectivity index (χ1) is 12.4. The molecule has 0 spiro atoms. The number of nitrogens with zero attached hydrogens (tertiary/aromatic N) is 3. The van der Waals surface area contributed by atoms with Crippen molar-refractivity contribution >= 4 is 16.1 Å². The molecule has 9 nitrogen and oxygen atoms in total. The monoisotopic (exact) mass is 379 g/mol. The SMILES string of the molecule is Cc1ccc(S(=O)(=O)O[N+]2(N)CCN=C2NCCCc2ncc[nH]2)cc1. The quantitative estimate of drug-likeness (QED) is 0.368. The zero-order chi connectivity index (χ0) is 18.6. The van der Waals surface area contributed by atoms with E-state index in [1.165, 1.54) is 12.1 Å². The summed E-state index contributed by atoms with van der Waals surface area (Å²) in [5, 5.41) is 3.08. The van der Waals surface area contributed by atoms with E-state index in [4.69, 9.17) is 10.1 Å². The number of aryl methyl sites for hydroxylation is 2. The number of aromatic nitrogens is 2. The first-order valence-electron chi connectivity index (χ1n) is 8.36. The number of aliphatic imine (C=N–C) groups is 1. The van der Waals surface area contributed by atoms with Gasteiger partial charge in [-0.3, -0.25) is 0 Å². The summed E-state index contributed by atoms with van der Waals surface area (Å²) >= 11 is 0. The maximum Gasteiger partial charge on any atom is 0.353 e. The summed E-state index contributed by atoms with van der Waals surface area (Å²) in [4.78, 5) is 11.5. The average molecular weight is 379 g/mol. The summed E-state index contributed by atoms with van der Waals surface area (Å²) in [6, 6.07) is 6.42. The van der Waals surface area contributed by atoms with Crippen molar-refractivity contribution in [1.29, 1.82) is 0 Å². The minimum atomic E-state index is -4.01. The van der Waals surface area contributed by atoms with Crippen LogP contribution in [0.15, 0.2) is 46.5 Å². The number of hydrogen-bond acceptors (Lipinski definition) is 7. The minimum absolute atomic E-state index is 0.0649. The number of quaternary nitrogens is 1. The lowest BCUT2D eigenvalue weighted by Gasteiger charge is -2.24. The molecule has 0 saturated heterocycles. The molecule has 0 fully saturated rings. The molecular weight excluding hydrogens is 356 g/mol. The van der Waals surface area contributed by atoms with Crippen molar-refractivity contribution in [2.45, 2.75) is 24.7 Å². The highest BCUT2D eigenvalue weighted by Gasteiger charge is 2.43. The van der Waals surface area contributed by atoms with Crippen molar-refractivity contribution in [1.82, 2.24) is 15.3 Å². The van der Waals surface area contributed by atoms with Crippen LogP contribution >= 0.6 is 0 Å². The second-order valence-corrected chi connectivity index (χ2v) is 7.66. The summed E-state index contributed by atoms with van der Waals surface area (Å²) < 4.78 is 29.6. The van der Waals surface area contributed by atoms with E-state index < -0.39 is 14.9 Å². The van der Waals surface area contributed by atoms with Gasteiger partial charge in [-0.05, 0) is 34.5 Å². The van der Waals surface area contributed by atoms with Crippen molar-refractivity contribution in [3.8, 4) is 0 Å². The lowest BCUT2D eigenvalue weighted by Crippen LogP contribution is -2.61. The van der Waals surface area contributed by atoms with Crippen molar-refractivity contribution in [3.63, 3.8) is 0 Å². The molecule has 1 aliphatic rings. The fourth-order valence-electron chi connectivity index (χ4n) is 2.61. The van der Waals surface area contributed by atoms with Gasteiger partial charge in [-0.15, -0.1) is 5.84 Å². The number of guanidine groups is 1. The van der Waals surface area contributed by atoms with Crippen LogP contribution in [0.4, 0.5) is 0 Å². The Hall–Kier alpha value is -2.27. The molecule has 2 aromatic rings. The first kappa shape index (κ1) is 18.5. The fraction of sp³-hybridized carbons (Fsp3) is 0.375. The van der Waals surface area contributed by atoms with Crippen molar-refractivity contribution < 1.29 is 17.5 Å². The number of nitrogens with two attached hydrogens (primary N) is 1. The number of rotatable bonds is 7. The molecule has 2 heterocycles. The van der Waals surface area contributed by atoms with Crippen molar-refractivity contribution in [3.05, 3.63) is 48.0 Å². The molecule has 26 heavy (non-hydrogen) atoms. The van der Waals surface area contributed by atoms with E-state index in [9.17, 15) is 8.42 Å². The van der Waals surface area contributed by atoms with Crippen LogP contribution in [0, 0.1) is 6.92 Å². The molecule has 1 aromatic heterocycles. The van der Waals surface area contributed by atoms with Crippen LogP contribution in [0.5, 0.6) is 0 Å². The Morgan fingerprint density at radius 1 is 1.35 bits per heavy atom. The summed E-state index contributed by atoms with van der Waals surface area (Å²) in [5.41, 5.74) is 0.960. The number of aromatic amines is 1. The van der Waals surface area contributed by atoms with Gasteiger partial charge < -0.3 is 10.3 Å². The van der Waals surface area contributed by atoms with E-state index in [2.05, 4.69) is 20.3 Å². The zero-order valence-corrected chi connectivity index (χ0v) is 15.4. The van der Waals surface area contributed by atoms with Crippen LogP contribution < -0.4 is 11.2 Å². The number of benzene rings is 1. The van der Waals surface area contributed by atoms with Gasteiger partial charge in [0, 0.05) is 25.4 Å². The molecule has 140 valence electrons. The van der Waals surface area contributed by atoms with Gasteiger partial charge in [0.25, 0.3) is 0 Å². The highest BCUT2D eigenvalue weighted by atomic mass is 32.2. The molecule has 3 rings (SSSR count). The van der Waals surface area contributed by atoms with Crippen LogP contribution in [0.3, 0.4) is 0 Å². The minimum Gasteiger partial charge on any atom is -0.349 e. The second kappa shape index (κ2) is 7.54. The van der Waals surface area contributed by atoms with Crippen molar-refractivity contribution in [2.75, 3.05) is 19.6 Å². The normalized spacial score (nSPS) is 20.2. The van der Waals surface area contributed by atoms with E-state index in [0.29, 0.717) is 19.0 Å². The van der Waals surface area contributed by atoms with E-state index in [1.807, 2.05) is 6.92 Å². The molecule has 1 aliphatic heterocycles. The Bertz CT molecular complexity index is 864. The van der Waals surface area contributed by atoms with Gasteiger partial charge in [0.1, 0.15) is 12.4 Å². The molecule has 0 bridgehead atoms. The Kier molecular flexibility index (Phi) is 5.37. The Morgan fingerprint density at radius 3 is 2.81 bits per heavy atom. The highest BCUT2D eigenvalue weighted by molar-refractivity contribution is 7.86. The average Bonchev–Trinajstić information content (AvgIpc) is 3.21. The summed E-state index contributed by atoms with van der Waals surface area (Å²) in [7, 11) is -4.01. The standard InChI is InChI=1S/C16H23N6O3S/c1-13-4-6-14(7-5-13)26(23,24)25-22(17)12-11-21-16(22)20-8-2-3-15-18-9-10-19-15/h4-7,9-10H,2-3,8,11-12,17H2,1H3,(H,18,19)(H,20,21)/q+1. The third-order valence-corrected chi connectivity index (χ3v) is 5.33. The number of hydroxylamine groups is 2. The fourth-order valence-corrected chi connectivity index (χ4v) is 3.66. The van der Waals surface area contributed by atoms with E-state index in [0.717, 1.165) is 24.2 Å². The van der Waals surface area contributed by atoms with Gasteiger partial charge in [-0.25, -0.2) is 9.98 Å². The molecule has 10 heteroatoms. The lowest BCUT2D eigenvalue weighted by atomic mass is 10.2. The predicted octanol–water partition coefficient (Wildman–Crippen LogP) is 0.621. The van der Waals surface area contributed by atoms with Gasteiger partial charge in [0.05, 0.1) is 4.90 Å². The maximum atomic E-state index is 12.5. The topological polar surface area (TPSA) is 122 Å². The van der Waals surface area contributed by atoms with Crippen LogP contribution in [-0.4, -0.2) is 48.7 Å². The summed E-state index contributed by atoms with van der Waals surface area (Å²) in [5.74, 6) is 7.36. The Balaban J connectivity index is 1.60. The highest BCUT2D eigenvalue weighted by Crippen LogP contribution is 2.19. The van der Waals surface area contributed by atoms with Gasteiger partial charge in [0.15, 0.2) is 6.54 Å². The first-order valence-corrected chi connectivity index (χ1v) is 9.77. The lowest BCUT2D eigenvalue weighted by molar-refractivity contribution is -1.01. The van der Waals surface area contributed by atoms with Gasteiger partial charge in [0.2, 0.25) is 0 Å². The number of nitrogens with one attached hydrogen (secondary N) is 2. The van der Waals surface area contributed by atoms with Crippen LogP contribution in [0.25, 0.3) is 0 Å². The van der Waals surface area contributed by atoms with Crippen LogP contribution in [-0.2, 0) is 20.8 Å². The predicted molar refractivity (Wildman–Crippen MR) is 96.0 cm³/mol. The largest absolute Gasteiger partial charge is 0.353 e. The summed E-state index contributed by atoms with van der Waals surface area (Å²) in [6.45, 7) is 3.09. The molecule has 0 radical (unpaired) electrons. The van der Waals surface area contributed by atoms with Gasteiger partial charge >= 0.3 is 16.1 Å². The van der Waals surface area contributed by atoms with Crippen molar-refractivity contribution in [2.24, 2.45) is 10.8 Å². The molecule has 1 unspecified atom stereocenters. The Labute approximate surface area is 152 Å². The maximum absolute atomic E-state index is 12.5. The number of hydrogen-bond donors (Lipinski definition) is 3. The van der Waals surface area contributed by atoms with Crippen LogP contribution in [0.2, 0.25) is 0 Å².